The molecule has 0 bridgehead atoms. The Bertz CT molecular complexity index is 849. The Morgan fingerprint density at radius 1 is 1.19 bits per heavy atom. The SMILES string of the molecule is CCC1CSC(c2ccccc2NC(=O)c2ccccc2C(F)(F)F)=N1. The lowest BCUT2D eigenvalue weighted by molar-refractivity contribution is -0.137. The topological polar surface area (TPSA) is 41.5 Å². The standard InChI is InChI=1S/C19H17F3N2OS/c1-2-12-11-26-18(23-12)14-8-4-6-10-16(14)24-17(25)13-7-3-5-9-15(13)19(20,21)22/h3-10,12H,2,11H2,1H3,(H,24,25). The van der Waals surface area contributed by atoms with Crippen molar-refractivity contribution >= 4 is 28.4 Å². The number of nitrogens with zero attached hydrogens (tertiary/aromatic N) is 1. The van der Waals surface area contributed by atoms with Gasteiger partial charge in [-0.1, -0.05) is 37.3 Å². The highest BCUT2D eigenvalue weighted by Crippen LogP contribution is 2.33. The van der Waals surface area contributed by atoms with Crippen molar-refractivity contribution in [2.45, 2.75) is 25.6 Å². The number of aliphatic imine (C=N–C) groups is 1. The first kappa shape index (κ1) is 18.5. The number of amides is 1. The van der Waals surface area contributed by atoms with Gasteiger partial charge in [-0.2, -0.15) is 13.2 Å². The Morgan fingerprint density at radius 2 is 1.88 bits per heavy atom. The van der Waals surface area contributed by atoms with Crippen LogP contribution in [0.1, 0.15) is 34.8 Å². The molecule has 2 aromatic rings. The Labute approximate surface area is 153 Å². The molecular weight excluding hydrogens is 361 g/mol. The van der Waals surface area contributed by atoms with E-state index in [4.69, 9.17) is 0 Å². The Morgan fingerprint density at radius 3 is 2.58 bits per heavy atom. The van der Waals surface area contributed by atoms with Crippen LogP contribution in [0.3, 0.4) is 0 Å². The minimum Gasteiger partial charge on any atom is -0.321 e. The van der Waals surface area contributed by atoms with E-state index in [0.29, 0.717) is 5.69 Å². The second-order valence-electron chi connectivity index (χ2n) is 5.85. The first-order chi connectivity index (χ1) is 12.4. The van der Waals surface area contributed by atoms with Crippen molar-refractivity contribution in [1.82, 2.24) is 0 Å². The molecule has 3 nitrogen and oxygen atoms in total. The molecule has 0 saturated heterocycles. The van der Waals surface area contributed by atoms with E-state index < -0.39 is 23.2 Å². The lowest BCUT2D eigenvalue weighted by Gasteiger charge is -2.14. The first-order valence-corrected chi connectivity index (χ1v) is 9.16. The van der Waals surface area contributed by atoms with Crippen LogP contribution < -0.4 is 5.32 Å². The average Bonchev–Trinajstić information content (AvgIpc) is 3.10. The van der Waals surface area contributed by atoms with E-state index in [1.165, 1.54) is 18.2 Å². The predicted molar refractivity (Wildman–Crippen MR) is 98.9 cm³/mol. The zero-order chi connectivity index (χ0) is 18.7. The molecule has 1 aliphatic rings. The molecule has 1 N–H and O–H groups in total. The van der Waals surface area contributed by atoms with Gasteiger partial charge in [0.25, 0.3) is 5.91 Å². The van der Waals surface area contributed by atoms with E-state index in [0.717, 1.165) is 28.8 Å². The summed E-state index contributed by atoms with van der Waals surface area (Å²) in [6.45, 7) is 2.05. The molecule has 136 valence electrons. The first-order valence-electron chi connectivity index (χ1n) is 8.17. The number of halogens is 3. The summed E-state index contributed by atoms with van der Waals surface area (Å²) in [6.07, 6.45) is -3.67. The third kappa shape index (κ3) is 3.93. The molecule has 1 amide bonds. The van der Waals surface area contributed by atoms with Gasteiger partial charge in [-0.3, -0.25) is 9.79 Å². The monoisotopic (exact) mass is 378 g/mol. The van der Waals surface area contributed by atoms with E-state index >= 15 is 0 Å². The van der Waals surface area contributed by atoms with Crippen molar-refractivity contribution in [3.63, 3.8) is 0 Å². The van der Waals surface area contributed by atoms with Crippen LogP contribution >= 0.6 is 11.8 Å². The number of carbonyl (C=O) groups excluding carboxylic acids is 1. The van der Waals surface area contributed by atoms with Crippen molar-refractivity contribution in [2.75, 3.05) is 11.1 Å². The Kier molecular flexibility index (Phi) is 5.36. The summed E-state index contributed by atoms with van der Waals surface area (Å²) in [4.78, 5) is 17.1. The average molecular weight is 378 g/mol. The van der Waals surface area contributed by atoms with Gasteiger partial charge in [0.15, 0.2) is 0 Å². The second-order valence-corrected chi connectivity index (χ2v) is 6.86. The number of benzene rings is 2. The Balaban J connectivity index is 1.91. The molecule has 0 spiro atoms. The van der Waals surface area contributed by atoms with Crippen LogP contribution in [0.2, 0.25) is 0 Å². The summed E-state index contributed by atoms with van der Waals surface area (Å²) in [7, 11) is 0. The van der Waals surface area contributed by atoms with Gasteiger partial charge in [0.2, 0.25) is 0 Å². The summed E-state index contributed by atoms with van der Waals surface area (Å²) in [5.41, 5.74) is -0.167. The van der Waals surface area contributed by atoms with E-state index in [1.807, 2.05) is 12.1 Å². The van der Waals surface area contributed by atoms with Crippen molar-refractivity contribution in [3.05, 3.63) is 65.2 Å². The number of hydrogen-bond acceptors (Lipinski definition) is 3. The third-order valence-corrected chi connectivity index (χ3v) is 5.22. The minimum atomic E-state index is -4.59. The number of para-hydroxylation sites is 1. The number of carbonyl (C=O) groups is 1. The largest absolute Gasteiger partial charge is 0.417 e. The molecular formula is C19H17F3N2OS. The molecule has 0 aliphatic carbocycles. The zero-order valence-electron chi connectivity index (χ0n) is 14.0. The van der Waals surface area contributed by atoms with Crippen LogP contribution in [-0.4, -0.2) is 22.7 Å². The van der Waals surface area contributed by atoms with Crippen LogP contribution in [0, 0.1) is 0 Å². The maximum absolute atomic E-state index is 13.2. The normalized spacial score (nSPS) is 17.1. The molecule has 0 aromatic heterocycles. The summed E-state index contributed by atoms with van der Waals surface area (Å²) in [5.74, 6) is 0.0754. The fourth-order valence-electron chi connectivity index (χ4n) is 2.67. The fourth-order valence-corrected chi connectivity index (χ4v) is 3.89. The van der Waals surface area contributed by atoms with E-state index in [2.05, 4.69) is 17.2 Å². The molecule has 1 unspecified atom stereocenters. The number of rotatable bonds is 4. The lowest BCUT2D eigenvalue weighted by Crippen LogP contribution is -2.19. The number of anilines is 1. The molecule has 1 atom stereocenters. The highest BCUT2D eigenvalue weighted by atomic mass is 32.2. The second kappa shape index (κ2) is 7.53. The molecule has 26 heavy (non-hydrogen) atoms. The maximum Gasteiger partial charge on any atom is 0.417 e. The van der Waals surface area contributed by atoms with E-state index in [9.17, 15) is 18.0 Å². The van der Waals surface area contributed by atoms with Gasteiger partial charge in [-0.05, 0) is 24.6 Å². The maximum atomic E-state index is 13.2. The molecule has 1 aliphatic heterocycles. The summed E-state index contributed by atoms with van der Waals surface area (Å²) >= 11 is 1.59. The summed E-state index contributed by atoms with van der Waals surface area (Å²) in [6, 6.07) is 12.0. The molecule has 7 heteroatoms. The van der Waals surface area contributed by atoms with Crippen molar-refractivity contribution in [1.29, 1.82) is 0 Å². The van der Waals surface area contributed by atoms with Crippen molar-refractivity contribution in [3.8, 4) is 0 Å². The molecule has 0 fully saturated rings. The van der Waals surface area contributed by atoms with Crippen LogP contribution in [-0.2, 0) is 6.18 Å². The summed E-state index contributed by atoms with van der Waals surface area (Å²) < 4.78 is 39.5. The number of thioether (sulfide) groups is 1. The molecule has 1 heterocycles. The number of alkyl halides is 3. The van der Waals surface area contributed by atoms with Crippen LogP contribution in [0.5, 0.6) is 0 Å². The molecule has 0 radical (unpaired) electrons. The number of hydrogen-bond donors (Lipinski definition) is 1. The van der Waals surface area contributed by atoms with Crippen LogP contribution in [0.25, 0.3) is 0 Å². The minimum absolute atomic E-state index is 0.227. The Hall–Kier alpha value is -2.28. The summed E-state index contributed by atoms with van der Waals surface area (Å²) in [5, 5.41) is 3.42. The molecule has 0 saturated carbocycles. The zero-order valence-corrected chi connectivity index (χ0v) is 14.8. The van der Waals surface area contributed by atoms with Gasteiger partial charge in [-0.15, -0.1) is 11.8 Å². The highest BCUT2D eigenvalue weighted by Gasteiger charge is 2.35. The predicted octanol–water partition coefficient (Wildman–Crippen LogP) is 5.23. The van der Waals surface area contributed by atoms with Crippen molar-refractivity contribution < 1.29 is 18.0 Å². The van der Waals surface area contributed by atoms with Gasteiger partial charge in [0, 0.05) is 11.3 Å². The van der Waals surface area contributed by atoms with E-state index in [1.54, 1.807) is 23.9 Å². The van der Waals surface area contributed by atoms with Crippen LogP contribution in [0.4, 0.5) is 18.9 Å². The van der Waals surface area contributed by atoms with Gasteiger partial charge in [-0.25, -0.2) is 0 Å². The highest BCUT2D eigenvalue weighted by molar-refractivity contribution is 8.14. The van der Waals surface area contributed by atoms with Crippen LogP contribution in [0.15, 0.2) is 53.5 Å². The molecule has 2 aromatic carbocycles. The lowest BCUT2D eigenvalue weighted by atomic mass is 10.1. The van der Waals surface area contributed by atoms with Gasteiger partial charge >= 0.3 is 6.18 Å². The smallest absolute Gasteiger partial charge is 0.321 e. The van der Waals surface area contributed by atoms with Gasteiger partial charge in [0.05, 0.1) is 22.9 Å². The fraction of sp³-hybridized carbons (Fsp3) is 0.263. The van der Waals surface area contributed by atoms with Gasteiger partial charge < -0.3 is 5.32 Å². The number of nitrogens with one attached hydrogen (secondary N) is 1. The van der Waals surface area contributed by atoms with Gasteiger partial charge in [0.1, 0.15) is 5.04 Å². The van der Waals surface area contributed by atoms with Crippen molar-refractivity contribution in [2.24, 2.45) is 4.99 Å². The van der Waals surface area contributed by atoms with E-state index in [-0.39, 0.29) is 6.04 Å². The molecule has 3 rings (SSSR count). The third-order valence-electron chi connectivity index (χ3n) is 4.07. The quantitative estimate of drug-likeness (QED) is 0.792.